The van der Waals surface area contributed by atoms with Gasteiger partial charge in [0, 0.05) is 0 Å². The van der Waals surface area contributed by atoms with E-state index in [0.29, 0.717) is 27.7 Å². The number of hydrogen-bond acceptors (Lipinski definition) is 5. The van der Waals surface area contributed by atoms with E-state index in [1.807, 2.05) is 25.2 Å². The van der Waals surface area contributed by atoms with Gasteiger partial charge < -0.3 is 0 Å². The molecule has 1 heterocycles. The van der Waals surface area contributed by atoms with E-state index >= 15 is 0 Å². The molecule has 0 bridgehead atoms. The Bertz CT molecular complexity index is 929. The largest absolute Gasteiger partial charge is 0.271 e. The summed E-state index contributed by atoms with van der Waals surface area (Å²) < 4.78 is 0. The molecule has 0 saturated heterocycles. The lowest BCUT2D eigenvalue weighted by Gasteiger charge is -2.13. The first-order chi connectivity index (χ1) is 12.0. The molecule has 0 fully saturated rings. The van der Waals surface area contributed by atoms with Crippen LogP contribution in [0.15, 0.2) is 47.5 Å². The van der Waals surface area contributed by atoms with E-state index in [4.69, 9.17) is 5.26 Å². The molecule has 1 aliphatic rings. The highest BCUT2D eigenvalue weighted by Crippen LogP contribution is 2.31. The number of nitrogens with zero attached hydrogens (tertiary/aromatic N) is 3. The molecule has 6 nitrogen and oxygen atoms in total. The Balaban J connectivity index is 1.98. The van der Waals surface area contributed by atoms with E-state index in [1.165, 1.54) is 16.7 Å². The molecule has 0 aromatic heterocycles. The zero-order valence-electron chi connectivity index (χ0n) is 13.6. The van der Waals surface area contributed by atoms with Crippen LogP contribution in [-0.4, -0.2) is 23.2 Å². The number of thioether (sulfide) groups is 1. The minimum atomic E-state index is -0.375. The number of nitriles is 1. The molecule has 0 aliphatic carbocycles. The van der Waals surface area contributed by atoms with Crippen molar-refractivity contribution in [3.05, 3.63) is 59.2 Å². The van der Waals surface area contributed by atoms with Crippen LogP contribution >= 0.6 is 11.8 Å². The van der Waals surface area contributed by atoms with Crippen LogP contribution in [0, 0.1) is 18.4 Å². The number of amides is 2. The number of nitrogens with one attached hydrogen (secondary N) is 1. The standard InChI is InChI=1S/C18H14N4O2S/c1-11-3-6-13(7-4-11)22-16(23)14-8-5-12(9-15(14)17(22)24)21-18(25-2)20-10-19/h3-9H,1-2H3,(H,20,21). The van der Waals surface area contributed by atoms with Crippen molar-refractivity contribution in [2.45, 2.75) is 6.92 Å². The minimum absolute atomic E-state index is 0.309. The van der Waals surface area contributed by atoms with Crippen molar-refractivity contribution in [1.29, 1.82) is 5.26 Å². The number of carbonyl (C=O) groups excluding carboxylic acids is 2. The van der Waals surface area contributed by atoms with Gasteiger partial charge in [-0.05, 0) is 43.5 Å². The van der Waals surface area contributed by atoms with Crippen LogP contribution in [0.2, 0.25) is 0 Å². The number of anilines is 1. The van der Waals surface area contributed by atoms with E-state index in [2.05, 4.69) is 10.3 Å². The number of benzene rings is 2. The van der Waals surface area contributed by atoms with Crippen LogP contribution in [0.5, 0.6) is 0 Å². The second kappa shape index (κ2) is 6.79. The van der Waals surface area contributed by atoms with Crippen molar-refractivity contribution in [1.82, 2.24) is 5.32 Å². The van der Waals surface area contributed by atoms with Crippen LogP contribution in [0.25, 0.3) is 0 Å². The van der Waals surface area contributed by atoms with Crippen LogP contribution in [0.3, 0.4) is 0 Å². The molecule has 2 amide bonds. The van der Waals surface area contributed by atoms with Crippen LogP contribution < -0.4 is 10.2 Å². The van der Waals surface area contributed by atoms with E-state index in [-0.39, 0.29) is 11.8 Å². The first kappa shape index (κ1) is 16.7. The van der Waals surface area contributed by atoms with Gasteiger partial charge in [0.1, 0.15) is 0 Å². The Morgan fingerprint density at radius 3 is 2.44 bits per heavy atom. The predicted octanol–water partition coefficient (Wildman–Crippen LogP) is 3.22. The number of amidine groups is 1. The molecule has 0 radical (unpaired) electrons. The third-order valence-electron chi connectivity index (χ3n) is 3.75. The molecule has 2 aromatic rings. The zero-order chi connectivity index (χ0) is 18.0. The lowest BCUT2D eigenvalue weighted by Crippen LogP contribution is -2.29. The molecule has 0 unspecified atom stereocenters. The van der Waals surface area contributed by atoms with Gasteiger partial charge >= 0.3 is 0 Å². The van der Waals surface area contributed by atoms with Crippen LogP contribution in [-0.2, 0) is 0 Å². The van der Waals surface area contributed by atoms with E-state index in [0.717, 1.165) is 5.56 Å². The average Bonchev–Trinajstić information content (AvgIpc) is 2.86. The minimum Gasteiger partial charge on any atom is -0.271 e. The fraction of sp³-hybridized carbons (Fsp3) is 0.111. The summed E-state index contributed by atoms with van der Waals surface area (Å²) in [4.78, 5) is 30.7. The van der Waals surface area contributed by atoms with E-state index < -0.39 is 0 Å². The third kappa shape index (κ3) is 3.12. The maximum atomic E-state index is 12.7. The number of fused-ring (bicyclic) bond motifs is 1. The molecular weight excluding hydrogens is 336 g/mol. The maximum Gasteiger partial charge on any atom is 0.266 e. The van der Waals surface area contributed by atoms with Crippen molar-refractivity contribution in [3.63, 3.8) is 0 Å². The Morgan fingerprint density at radius 2 is 1.80 bits per heavy atom. The third-order valence-corrected chi connectivity index (χ3v) is 4.33. The van der Waals surface area contributed by atoms with Gasteiger partial charge in [0.25, 0.3) is 11.8 Å². The Kier molecular flexibility index (Phi) is 4.55. The fourth-order valence-corrected chi connectivity index (χ4v) is 2.86. The highest BCUT2D eigenvalue weighted by Gasteiger charge is 2.36. The predicted molar refractivity (Wildman–Crippen MR) is 98.1 cm³/mol. The van der Waals surface area contributed by atoms with Gasteiger partial charge in [-0.1, -0.05) is 29.5 Å². The molecule has 124 valence electrons. The Morgan fingerprint density at radius 1 is 1.12 bits per heavy atom. The van der Waals surface area contributed by atoms with Crippen molar-refractivity contribution >= 4 is 40.1 Å². The molecule has 25 heavy (non-hydrogen) atoms. The Labute approximate surface area is 149 Å². The van der Waals surface area contributed by atoms with E-state index in [9.17, 15) is 9.59 Å². The molecule has 0 spiro atoms. The SMILES string of the molecule is CSC(=Nc1ccc2c(c1)C(=O)N(c1ccc(C)cc1)C2=O)NC#N. The summed E-state index contributed by atoms with van der Waals surface area (Å²) in [7, 11) is 0. The van der Waals surface area contributed by atoms with Gasteiger partial charge in [-0.15, -0.1) is 0 Å². The Hall–Kier alpha value is -3.11. The maximum absolute atomic E-state index is 12.7. The van der Waals surface area contributed by atoms with Crippen LogP contribution in [0.4, 0.5) is 11.4 Å². The van der Waals surface area contributed by atoms with Crippen molar-refractivity contribution in [2.75, 3.05) is 11.2 Å². The second-order valence-electron chi connectivity index (χ2n) is 5.37. The molecule has 7 heteroatoms. The first-order valence-corrected chi connectivity index (χ1v) is 8.65. The summed E-state index contributed by atoms with van der Waals surface area (Å²) in [6, 6.07) is 12.0. The monoisotopic (exact) mass is 350 g/mol. The zero-order valence-corrected chi connectivity index (χ0v) is 14.4. The molecule has 0 atom stereocenters. The average molecular weight is 350 g/mol. The summed E-state index contributed by atoms with van der Waals surface area (Å²) in [6.45, 7) is 1.94. The number of aryl methyl sites for hydroxylation is 1. The number of carbonyl (C=O) groups is 2. The lowest BCUT2D eigenvalue weighted by atomic mass is 10.1. The van der Waals surface area contributed by atoms with Gasteiger partial charge in [-0.3, -0.25) is 14.9 Å². The summed E-state index contributed by atoms with van der Waals surface area (Å²) >= 11 is 1.28. The quantitative estimate of drug-likeness (QED) is 0.295. The smallest absolute Gasteiger partial charge is 0.266 e. The molecule has 1 aliphatic heterocycles. The first-order valence-electron chi connectivity index (χ1n) is 7.42. The number of imide groups is 1. The van der Waals surface area contributed by atoms with Crippen LogP contribution in [0.1, 0.15) is 26.3 Å². The van der Waals surface area contributed by atoms with Gasteiger partial charge in [-0.25, -0.2) is 9.89 Å². The van der Waals surface area contributed by atoms with Gasteiger partial charge in [0.2, 0.25) is 0 Å². The van der Waals surface area contributed by atoms with Gasteiger partial charge in [0.15, 0.2) is 11.4 Å². The lowest BCUT2D eigenvalue weighted by molar-refractivity contribution is 0.0926. The second-order valence-corrected chi connectivity index (χ2v) is 6.16. The van der Waals surface area contributed by atoms with Gasteiger partial charge in [-0.2, -0.15) is 5.26 Å². The number of aliphatic imine (C=N–C) groups is 1. The fourth-order valence-electron chi connectivity index (χ4n) is 2.52. The molecule has 1 N–H and O–H groups in total. The molecule has 2 aromatic carbocycles. The normalized spacial score (nSPS) is 13.6. The van der Waals surface area contributed by atoms with E-state index in [1.54, 1.807) is 36.6 Å². The number of rotatable bonds is 2. The van der Waals surface area contributed by atoms with Crippen molar-refractivity contribution in [3.8, 4) is 6.19 Å². The number of hydrogen-bond donors (Lipinski definition) is 1. The summed E-state index contributed by atoms with van der Waals surface area (Å²) in [5, 5.41) is 11.6. The highest BCUT2D eigenvalue weighted by molar-refractivity contribution is 8.13. The highest BCUT2D eigenvalue weighted by atomic mass is 32.2. The topological polar surface area (TPSA) is 85.6 Å². The molecule has 0 saturated carbocycles. The summed E-state index contributed by atoms with van der Waals surface area (Å²) in [5.74, 6) is -0.723. The summed E-state index contributed by atoms with van der Waals surface area (Å²) in [6.07, 6.45) is 3.59. The molecule has 3 rings (SSSR count). The van der Waals surface area contributed by atoms with Crippen molar-refractivity contribution in [2.24, 2.45) is 4.99 Å². The molecular formula is C18H14N4O2S. The van der Waals surface area contributed by atoms with Crippen molar-refractivity contribution < 1.29 is 9.59 Å². The summed E-state index contributed by atoms with van der Waals surface area (Å²) in [5.41, 5.74) is 2.75. The van der Waals surface area contributed by atoms with Gasteiger partial charge in [0.05, 0.1) is 22.5 Å².